The molecule has 3 N–H and O–H groups in total. The standard InChI is InChI=1S/C12H11Cl3N2O3/c13-6-4-7(14)11(19)10(9(6)15)17-12(20)5-1-2-16-8(18)3-5/h4-5,19H,1-3H2,(H,16,18)(H,17,20). The Bertz CT molecular complexity index is 551. The molecule has 1 aliphatic heterocycles. The molecule has 1 aromatic rings. The number of rotatable bonds is 2. The van der Waals surface area contributed by atoms with Gasteiger partial charge in [0.25, 0.3) is 0 Å². The number of aromatic hydroxyl groups is 1. The predicted octanol–water partition coefficient (Wildman–Crippen LogP) is 2.82. The summed E-state index contributed by atoms with van der Waals surface area (Å²) in [5, 5.41) is 15.1. The molecule has 0 aliphatic carbocycles. The summed E-state index contributed by atoms with van der Waals surface area (Å²) in [6.45, 7) is 0.437. The number of nitrogens with one attached hydrogen (secondary N) is 2. The van der Waals surface area contributed by atoms with Crippen LogP contribution in [-0.4, -0.2) is 23.5 Å². The number of carbonyl (C=O) groups excluding carboxylic acids is 2. The average Bonchev–Trinajstić information content (AvgIpc) is 2.41. The lowest BCUT2D eigenvalue weighted by Gasteiger charge is -2.22. The minimum absolute atomic E-state index is 0.00202. The Labute approximate surface area is 130 Å². The smallest absolute Gasteiger partial charge is 0.228 e. The molecule has 1 aliphatic rings. The highest BCUT2D eigenvalue weighted by Gasteiger charge is 2.27. The van der Waals surface area contributed by atoms with Gasteiger partial charge in [0.1, 0.15) is 5.69 Å². The minimum Gasteiger partial charge on any atom is -0.504 e. The minimum atomic E-state index is -0.475. The number of piperidine rings is 1. The van der Waals surface area contributed by atoms with Crippen LogP contribution in [0.1, 0.15) is 12.8 Å². The van der Waals surface area contributed by atoms with Crippen molar-refractivity contribution in [2.24, 2.45) is 5.92 Å². The van der Waals surface area contributed by atoms with Crippen molar-refractivity contribution in [2.45, 2.75) is 12.8 Å². The van der Waals surface area contributed by atoms with Crippen LogP contribution in [0.5, 0.6) is 5.75 Å². The van der Waals surface area contributed by atoms with Gasteiger partial charge in [-0.1, -0.05) is 34.8 Å². The van der Waals surface area contributed by atoms with Crippen molar-refractivity contribution in [1.82, 2.24) is 5.32 Å². The second-order valence-electron chi connectivity index (χ2n) is 4.41. The predicted molar refractivity (Wildman–Crippen MR) is 77.5 cm³/mol. The molecule has 1 unspecified atom stereocenters. The largest absolute Gasteiger partial charge is 0.504 e. The van der Waals surface area contributed by atoms with E-state index < -0.39 is 11.8 Å². The molecule has 1 atom stereocenters. The third-order valence-electron chi connectivity index (χ3n) is 3.01. The molecule has 0 radical (unpaired) electrons. The zero-order valence-corrected chi connectivity index (χ0v) is 12.4. The van der Waals surface area contributed by atoms with Crippen LogP contribution < -0.4 is 10.6 Å². The molecule has 1 heterocycles. The van der Waals surface area contributed by atoms with Crippen LogP contribution in [0.2, 0.25) is 15.1 Å². The molecule has 20 heavy (non-hydrogen) atoms. The van der Waals surface area contributed by atoms with Crippen molar-refractivity contribution >= 4 is 52.3 Å². The molecule has 2 rings (SSSR count). The summed E-state index contributed by atoms with van der Waals surface area (Å²) in [5.74, 6) is -1.42. The fraction of sp³-hybridized carbons (Fsp3) is 0.333. The number of hydrogen-bond acceptors (Lipinski definition) is 3. The number of phenolic OH excluding ortho intramolecular Hbond substituents is 1. The molecule has 0 aromatic heterocycles. The molecule has 0 bridgehead atoms. The SMILES string of the molecule is O=C1CC(C(=O)Nc2c(O)c(Cl)cc(Cl)c2Cl)CCN1. The Morgan fingerprint density at radius 3 is 2.70 bits per heavy atom. The number of benzene rings is 1. The van der Waals surface area contributed by atoms with E-state index in [1.165, 1.54) is 6.07 Å². The van der Waals surface area contributed by atoms with Crippen molar-refractivity contribution in [3.8, 4) is 5.75 Å². The normalized spacial score (nSPS) is 18.6. The number of hydrogen-bond donors (Lipinski definition) is 3. The molecule has 1 fully saturated rings. The van der Waals surface area contributed by atoms with Crippen molar-refractivity contribution in [3.63, 3.8) is 0 Å². The third-order valence-corrected chi connectivity index (χ3v) is 4.09. The van der Waals surface area contributed by atoms with Crippen molar-refractivity contribution in [1.29, 1.82) is 0 Å². The number of amides is 2. The van der Waals surface area contributed by atoms with Gasteiger partial charge in [-0.15, -0.1) is 0 Å². The summed E-state index contributed by atoms with van der Waals surface area (Å²) in [6.07, 6.45) is 0.614. The topological polar surface area (TPSA) is 78.4 Å². The number of halogens is 3. The molecule has 1 aromatic carbocycles. The summed E-state index contributed by atoms with van der Waals surface area (Å²) >= 11 is 17.6. The monoisotopic (exact) mass is 336 g/mol. The van der Waals surface area contributed by atoms with Crippen LogP contribution in [0.15, 0.2) is 6.07 Å². The molecular weight excluding hydrogens is 327 g/mol. The van der Waals surface area contributed by atoms with Crippen LogP contribution in [0.25, 0.3) is 0 Å². The van der Waals surface area contributed by atoms with Gasteiger partial charge in [0.05, 0.1) is 15.1 Å². The lowest BCUT2D eigenvalue weighted by molar-refractivity contribution is -0.129. The van der Waals surface area contributed by atoms with Crippen molar-refractivity contribution < 1.29 is 14.7 Å². The van der Waals surface area contributed by atoms with E-state index in [2.05, 4.69) is 10.6 Å². The second kappa shape index (κ2) is 6.08. The maximum Gasteiger partial charge on any atom is 0.228 e. The number of phenols is 1. The van der Waals surface area contributed by atoms with E-state index in [1.54, 1.807) is 0 Å². The molecular formula is C12H11Cl3N2O3. The van der Waals surface area contributed by atoms with E-state index in [1.807, 2.05) is 0 Å². The quantitative estimate of drug-likeness (QED) is 0.573. The maximum absolute atomic E-state index is 12.1. The highest BCUT2D eigenvalue weighted by molar-refractivity contribution is 6.46. The van der Waals surface area contributed by atoms with E-state index in [-0.39, 0.29) is 38.8 Å². The molecule has 0 spiro atoms. The lowest BCUT2D eigenvalue weighted by Crippen LogP contribution is -2.38. The Morgan fingerprint density at radius 2 is 2.05 bits per heavy atom. The van der Waals surface area contributed by atoms with E-state index in [0.29, 0.717) is 13.0 Å². The average molecular weight is 338 g/mol. The summed E-state index contributed by atoms with van der Waals surface area (Å²) in [4.78, 5) is 23.4. The first-order valence-electron chi connectivity index (χ1n) is 5.84. The zero-order valence-electron chi connectivity index (χ0n) is 10.2. The Morgan fingerprint density at radius 1 is 1.35 bits per heavy atom. The third kappa shape index (κ3) is 3.11. The molecule has 1 saturated heterocycles. The van der Waals surface area contributed by atoms with Crippen molar-refractivity contribution in [2.75, 3.05) is 11.9 Å². The van der Waals surface area contributed by atoms with Gasteiger partial charge in [0.15, 0.2) is 5.75 Å². The van der Waals surface area contributed by atoms with Gasteiger partial charge in [-0.2, -0.15) is 0 Å². The van der Waals surface area contributed by atoms with Crippen LogP contribution in [0, 0.1) is 5.92 Å². The summed E-state index contributed by atoms with van der Waals surface area (Å²) < 4.78 is 0. The molecule has 0 saturated carbocycles. The van der Waals surface area contributed by atoms with Crippen LogP contribution in [0.3, 0.4) is 0 Å². The zero-order chi connectivity index (χ0) is 14.9. The Balaban J connectivity index is 2.21. The fourth-order valence-electron chi connectivity index (χ4n) is 1.93. The van der Waals surface area contributed by atoms with Crippen LogP contribution >= 0.6 is 34.8 Å². The first-order valence-corrected chi connectivity index (χ1v) is 6.97. The van der Waals surface area contributed by atoms with Crippen LogP contribution in [-0.2, 0) is 9.59 Å². The van der Waals surface area contributed by atoms with Gasteiger partial charge in [0, 0.05) is 18.9 Å². The van der Waals surface area contributed by atoms with Gasteiger partial charge < -0.3 is 15.7 Å². The van der Waals surface area contributed by atoms with Gasteiger partial charge >= 0.3 is 0 Å². The molecule has 108 valence electrons. The summed E-state index contributed by atoms with van der Waals surface area (Å²) in [7, 11) is 0. The van der Waals surface area contributed by atoms with Crippen LogP contribution in [0.4, 0.5) is 5.69 Å². The lowest BCUT2D eigenvalue weighted by atomic mass is 9.96. The van der Waals surface area contributed by atoms with Gasteiger partial charge in [-0.05, 0) is 12.5 Å². The first kappa shape index (κ1) is 15.2. The Kier molecular flexibility index (Phi) is 4.62. The number of carbonyl (C=O) groups is 2. The fourth-order valence-corrected chi connectivity index (χ4v) is 2.59. The molecule has 2 amide bonds. The highest BCUT2D eigenvalue weighted by atomic mass is 35.5. The summed E-state index contributed by atoms with van der Waals surface area (Å²) in [6, 6.07) is 1.28. The highest BCUT2D eigenvalue weighted by Crippen LogP contribution is 2.42. The van der Waals surface area contributed by atoms with Gasteiger partial charge in [0.2, 0.25) is 11.8 Å². The summed E-state index contributed by atoms with van der Waals surface area (Å²) in [5.41, 5.74) is -0.0415. The van der Waals surface area contributed by atoms with E-state index in [0.717, 1.165) is 0 Å². The second-order valence-corrected chi connectivity index (χ2v) is 5.60. The number of anilines is 1. The van der Waals surface area contributed by atoms with E-state index in [9.17, 15) is 14.7 Å². The van der Waals surface area contributed by atoms with Gasteiger partial charge in [-0.25, -0.2) is 0 Å². The molecule has 8 heteroatoms. The van der Waals surface area contributed by atoms with E-state index >= 15 is 0 Å². The Hall–Kier alpha value is -1.17. The maximum atomic E-state index is 12.1. The van der Waals surface area contributed by atoms with Crippen molar-refractivity contribution in [3.05, 3.63) is 21.1 Å². The van der Waals surface area contributed by atoms with E-state index in [4.69, 9.17) is 34.8 Å². The first-order chi connectivity index (χ1) is 9.40. The molecule has 5 nitrogen and oxygen atoms in total. The van der Waals surface area contributed by atoms with Gasteiger partial charge in [-0.3, -0.25) is 9.59 Å².